The van der Waals surface area contributed by atoms with Crippen molar-refractivity contribution in [3.63, 3.8) is 0 Å². The molecular weight excluding hydrogens is 382 g/mol. The fourth-order valence-corrected chi connectivity index (χ4v) is 5.91. The number of unbranched alkanes of at least 4 members (excludes halogenated alkanes) is 1. The minimum atomic E-state index is -0.786. The summed E-state index contributed by atoms with van der Waals surface area (Å²) >= 11 is 0. The summed E-state index contributed by atoms with van der Waals surface area (Å²) in [4.78, 5) is 11.7. The maximum absolute atomic E-state index is 14.9. The third-order valence-electron chi connectivity index (χ3n) is 7.58. The van der Waals surface area contributed by atoms with Crippen LogP contribution in [0, 0.1) is 29.4 Å². The number of fused-ring (bicyclic) bond motifs is 2. The number of halogens is 2. The molecule has 0 heterocycles. The molecule has 2 saturated carbocycles. The Kier molecular flexibility index (Phi) is 6.40. The number of ether oxygens (including phenoxy) is 1. The Bertz CT molecular complexity index is 923. The topological polar surface area (TPSA) is 26.3 Å². The molecule has 0 N–H and O–H groups in total. The fraction of sp³-hybridized carbons (Fsp3) is 0.577. The minimum Gasteiger partial charge on any atom is -0.465 e. The second-order valence-electron chi connectivity index (χ2n) is 9.40. The van der Waals surface area contributed by atoms with Crippen LogP contribution in [0.25, 0.3) is 10.8 Å². The third-order valence-corrected chi connectivity index (χ3v) is 7.58. The standard InChI is InChI=1S/C26H32F2O2/c1-3-4-5-16-6-7-18-11-19(9-8-17(18)10-16)20-12-21-14-25(28)23(26(29)30-2)15-22(21)24(27)13-20/h12-19H,3-11H2,1-2H3. The normalized spacial score (nSPS) is 26.4. The average molecular weight is 415 g/mol. The Hall–Kier alpha value is -1.97. The minimum absolute atomic E-state index is 0.225. The Morgan fingerprint density at radius 3 is 2.53 bits per heavy atom. The summed E-state index contributed by atoms with van der Waals surface area (Å²) in [5.74, 6) is 0.943. The van der Waals surface area contributed by atoms with Crippen molar-refractivity contribution in [3.8, 4) is 0 Å². The van der Waals surface area contributed by atoms with Gasteiger partial charge >= 0.3 is 5.97 Å². The molecule has 0 aliphatic heterocycles. The van der Waals surface area contributed by atoms with Crippen molar-refractivity contribution in [2.24, 2.45) is 17.8 Å². The van der Waals surface area contributed by atoms with Crippen molar-refractivity contribution in [1.29, 1.82) is 0 Å². The molecule has 0 bridgehead atoms. The zero-order valence-corrected chi connectivity index (χ0v) is 18.1. The number of methoxy groups -OCH3 is 1. The first-order valence-electron chi connectivity index (χ1n) is 11.5. The zero-order valence-electron chi connectivity index (χ0n) is 18.1. The van der Waals surface area contributed by atoms with Crippen LogP contribution in [0.5, 0.6) is 0 Å². The average Bonchev–Trinajstić information content (AvgIpc) is 2.76. The van der Waals surface area contributed by atoms with Crippen molar-refractivity contribution in [3.05, 3.63) is 47.0 Å². The number of carbonyl (C=O) groups excluding carboxylic acids is 1. The molecule has 4 atom stereocenters. The molecule has 2 aliphatic rings. The van der Waals surface area contributed by atoms with Gasteiger partial charge in [0.1, 0.15) is 11.6 Å². The molecule has 0 amide bonds. The highest BCUT2D eigenvalue weighted by Gasteiger charge is 2.36. The lowest BCUT2D eigenvalue weighted by molar-refractivity contribution is 0.0595. The Balaban J connectivity index is 1.52. The van der Waals surface area contributed by atoms with Gasteiger partial charge in [0.15, 0.2) is 0 Å². The molecule has 0 radical (unpaired) electrons. The Labute approximate surface area is 178 Å². The van der Waals surface area contributed by atoms with E-state index in [4.69, 9.17) is 0 Å². The second kappa shape index (κ2) is 9.03. The van der Waals surface area contributed by atoms with E-state index < -0.39 is 17.6 Å². The van der Waals surface area contributed by atoms with Crippen molar-refractivity contribution in [2.45, 2.75) is 70.6 Å². The van der Waals surface area contributed by atoms with Crippen molar-refractivity contribution < 1.29 is 18.3 Å². The van der Waals surface area contributed by atoms with Crippen LogP contribution in [0.4, 0.5) is 8.78 Å². The smallest absolute Gasteiger partial charge is 0.340 e. The van der Waals surface area contributed by atoms with Gasteiger partial charge < -0.3 is 4.74 Å². The molecule has 30 heavy (non-hydrogen) atoms. The van der Waals surface area contributed by atoms with E-state index in [1.165, 1.54) is 64.2 Å². The van der Waals surface area contributed by atoms with Gasteiger partial charge in [-0.2, -0.15) is 0 Å². The highest BCUT2D eigenvalue weighted by molar-refractivity contribution is 5.96. The first kappa shape index (κ1) is 21.3. The molecule has 0 saturated heterocycles. The van der Waals surface area contributed by atoms with Crippen LogP contribution in [0.1, 0.15) is 86.6 Å². The van der Waals surface area contributed by atoms with Gasteiger partial charge in [-0.25, -0.2) is 13.6 Å². The maximum Gasteiger partial charge on any atom is 0.340 e. The van der Waals surface area contributed by atoms with Gasteiger partial charge in [-0.15, -0.1) is 0 Å². The van der Waals surface area contributed by atoms with Gasteiger partial charge in [-0.05, 0) is 84.9 Å². The highest BCUT2D eigenvalue weighted by atomic mass is 19.1. The van der Waals surface area contributed by atoms with Crippen LogP contribution >= 0.6 is 0 Å². The summed E-state index contributed by atoms with van der Waals surface area (Å²) in [7, 11) is 1.19. The van der Waals surface area contributed by atoms with E-state index in [-0.39, 0.29) is 10.9 Å². The number of hydrogen-bond acceptors (Lipinski definition) is 2. The molecule has 162 valence electrons. The van der Waals surface area contributed by atoms with E-state index in [9.17, 15) is 13.6 Å². The predicted molar refractivity (Wildman–Crippen MR) is 116 cm³/mol. The highest BCUT2D eigenvalue weighted by Crippen LogP contribution is 2.48. The maximum atomic E-state index is 14.9. The Morgan fingerprint density at radius 1 is 1.00 bits per heavy atom. The van der Waals surface area contributed by atoms with Crippen LogP contribution in [0.2, 0.25) is 0 Å². The molecule has 2 aliphatic carbocycles. The molecule has 2 nitrogen and oxygen atoms in total. The molecule has 2 aromatic rings. The van der Waals surface area contributed by atoms with Crippen LogP contribution in [-0.4, -0.2) is 13.1 Å². The van der Waals surface area contributed by atoms with Gasteiger partial charge in [0.2, 0.25) is 0 Å². The number of benzene rings is 2. The first-order chi connectivity index (χ1) is 14.5. The fourth-order valence-electron chi connectivity index (χ4n) is 5.91. The predicted octanol–water partition coefficient (Wildman–Crippen LogP) is 7.39. The largest absolute Gasteiger partial charge is 0.465 e. The van der Waals surface area contributed by atoms with E-state index in [2.05, 4.69) is 11.7 Å². The molecular formula is C26H32F2O2. The number of hydrogen-bond donors (Lipinski definition) is 0. The first-order valence-corrected chi connectivity index (χ1v) is 11.5. The summed E-state index contributed by atoms with van der Waals surface area (Å²) in [5.41, 5.74) is 0.744. The van der Waals surface area contributed by atoms with E-state index in [1.54, 1.807) is 6.07 Å². The van der Waals surface area contributed by atoms with Crippen LogP contribution in [0.15, 0.2) is 24.3 Å². The van der Waals surface area contributed by atoms with Crippen molar-refractivity contribution in [1.82, 2.24) is 0 Å². The van der Waals surface area contributed by atoms with E-state index >= 15 is 0 Å². The van der Waals surface area contributed by atoms with Crippen LogP contribution in [-0.2, 0) is 4.74 Å². The molecule has 4 rings (SSSR count). The zero-order chi connectivity index (χ0) is 21.3. The summed E-state index contributed by atoms with van der Waals surface area (Å²) in [6.07, 6.45) is 11.4. The summed E-state index contributed by atoms with van der Waals surface area (Å²) in [6.45, 7) is 2.27. The molecule has 0 aromatic heterocycles. The van der Waals surface area contributed by atoms with Crippen molar-refractivity contribution in [2.75, 3.05) is 7.11 Å². The molecule has 2 fully saturated rings. The van der Waals surface area contributed by atoms with Gasteiger partial charge in [0.05, 0.1) is 12.7 Å². The second-order valence-corrected chi connectivity index (χ2v) is 9.40. The third kappa shape index (κ3) is 4.24. The van der Waals surface area contributed by atoms with Gasteiger partial charge in [0, 0.05) is 5.39 Å². The van der Waals surface area contributed by atoms with E-state index in [0.717, 1.165) is 36.2 Å². The van der Waals surface area contributed by atoms with Crippen LogP contribution < -0.4 is 0 Å². The molecule has 0 spiro atoms. The Morgan fingerprint density at radius 2 is 1.77 bits per heavy atom. The van der Waals surface area contributed by atoms with Gasteiger partial charge in [-0.1, -0.05) is 38.7 Å². The summed E-state index contributed by atoms with van der Waals surface area (Å²) < 4.78 is 33.9. The molecule has 4 heteroatoms. The van der Waals surface area contributed by atoms with Gasteiger partial charge in [0.25, 0.3) is 0 Å². The lowest BCUT2D eigenvalue weighted by Crippen LogP contribution is -2.30. The molecule has 4 unspecified atom stereocenters. The molecule has 2 aromatic carbocycles. The quantitative estimate of drug-likeness (QED) is 0.477. The van der Waals surface area contributed by atoms with Crippen molar-refractivity contribution >= 4 is 16.7 Å². The SMILES string of the molecule is CCCCC1CCC2CC(c3cc(F)c4cc(C(=O)OC)c(F)cc4c3)CCC2C1. The number of rotatable bonds is 5. The number of esters is 1. The lowest BCUT2D eigenvalue weighted by atomic mass is 9.63. The number of carbonyl (C=O) groups is 1. The van der Waals surface area contributed by atoms with E-state index in [1.807, 2.05) is 6.07 Å². The summed E-state index contributed by atoms with van der Waals surface area (Å²) in [5, 5.41) is 0.784. The monoisotopic (exact) mass is 414 g/mol. The summed E-state index contributed by atoms with van der Waals surface area (Å²) in [6, 6.07) is 6.04. The van der Waals surface area contributed by atoms with Crippen LogP contribution in [0.3, 0.4) is 0 Å². The van der Waals surface area contributed by atoms with Gasteiger partial charge in [-0.3, -0.25) is 0 Å². The van der Waals surface area contributed by atoms with E-state index in [0.29, 0.717) is 11.3 Å². The lowest BCUT2D eigenvalue weighted by Gasteiger charge is -2.42.